The first-order chi connectivity index (χ1) is 11.6. The minimum Gasteiger partial charge on any atom is -0.334 e. The molecule has 0 bridgehead atoms. The van der Waals surface area contributed by atoms with E-state index < -0.39 is 0 Å². The molecule has 3 aromatic carbocycles. The maximum atomic E-state index is 12.2. The lowest BCUT2D eigenvalue weighted by Crippen LogP contribution is -2.36. The molecule has 0 radical (unpaired) electrons. The van der Waals surface area contributed by atoms with Gasteiger partial charge >= 0.3 is 6.03 Å². The first-order valence-corrected chi connectivity index (χ1v) is 8.21. The molecular weight excluding hydrogens is 296 g/mol. The Balaban J connectivity index is 1.64. The van der Waals surface area contributed by atoms with E-state index in [1.165, 1.54) is 16.3 Å². The number of fused-ring (bicyclic) bond motifs is 1. The van der Waals surface area contributed by atoms with E-state index in [-0.39, 0.29) is 12.1 Å². The number of rotatable bonds is 4. The molecular formula is C21H22N2O. The van der Waals surface area contributed by atoms with E-state index in [2.05, 4.69) is 41.8 Å². The van der Waals surface area contributed by atoms with Crippen molar-refractivity contribution in [3.8, 4) is 0 Å². The Bertz CT molecular complexity index is 835. The van der Waals surface area contributed by atoms with Crippen molar-refractivity contribution in [2.45, 2.75) is 26.4 Å². The average Bonchev–Trinajstić information content (AvgIpc) is 2.60. The van der Waals surface area contributed by atoms with Crippen molar-refractivity contribution < 1.29 is 4.79 Å². The second-order valence-corrected chi connectivity index (χ2v) is 6.10. The normalized spacial score (nSPS) is 11.9. The summed E-state index contributed by atoms with van der Waals surface area (Å²) in [4.78, 5) is 12.2. The van der Waals surface area contributed by atoms with Gasteiger partial charge in [-0.3, -0.25) is 0 Å². The highest BCUT2D eigenvalue weighted by molar-refractivity contribution is 5.86. The second kappa shape index (κ2) is 7.18. The molecule has 0 aliphatic rings. The fourth-order valence-corrected chi connectivity index (χ4v) is 2.84. The molecule has 0 heterocycles. The lowest BCUT2D eigenvalue weighted by molar-refractivity contribution is 0.237. The van der Waals surface area contributed by atoms with E-state index in [0.717, 1.165) is 11.1 Å². The minimum atomic E-state index is -0.156. The number of carbonyl (C=O) groups is 1. The van der Waals surface area contributed by atoms with E-state index in [4.69, 9.17) is 0 Å². The van der Waals surface area contributed by atoms with Crippen molar-refractivity contribution in [3.05, 3.63) is 83.4 Å². The predicted octanol–water partition coefficient (Wildman–Crippen LogP) is 4.71. The molecule has 3 rings (SSSR count). The van der Waals surface area contributed by atoms with E-state index >= 15 is 0 Å². The van der Waals surface area contributed by atoms with Crippen molar-refractivity contribution >= 4 is 16.8 Å². The first-order valence-electron chi connectivity index (χ1n) is 8.21. The average molecular weight is 318 g/mol. The molecule has 0 unspecified atom stereocenters. The van der Waals surface area contributed by atoms with Gasteiger partial charge in [-0.25, -0.2) is 4.79 Å². The lowest BCUT2D eigenvalue weighted by Gasteiger charge is -2.17. The maximum absolute atomic E-state index is 12.2. The Labute approximate surface area is 142 Å². The fourth-order valence-electron chi connectivity index (χ4n) is 2.84. The van der Waals surface area contributed by atoms with E-state index in [1.54, 1.807) is 0 Å². The molecule has 0 fully saturated rings. The Morgan fingerprint density at radius 3 is 2.46 bits per heavy atom. The van der Waals surface area contributed by atoms with Gasteiger partial charge in [0.1, 0.15) is 0 Å². The van der Waals surface area contributed by atoms with Crippen LogP contribution in [0.3, 0.4) is 0 Å². The van der Waals surface area contributed by atoms with Gasteiger partial charge in [0.05, 0.1) is 6.04 Å². The van der Waals surface area contributed by atoms with Crippen molar-refractivity contribution in [3.63, 3.8) is 0 Å². The summed E-state index contributed by atoms with van der Waals surface area (Å²) in [6, 6.07) is 22.3. The van der Waals surface area contributed by atoms with Crippen LogP contribution in [0.4, 0.5) is 4.79 Å². The largest absolute Gasteiger partial charge is 0.334 e. The molecule has 0 aromatic heterocycles. The molecule has 0 spiro atoms. The molecule has 0 aliphatic carbocycles. The van der Waals surface area contributed by atoms with Crippen molar-refractivity contribution in [1.29, 1.82) is 0 Å². The van der Waals surface area contributed by atoms with Gasteiger partial charge in [-0.05, 0) is 35.7 Å². The molecule has 3 nitrogen and oxygen atoms in total. The van der Waals surface area contributed by atoms with Crippen molar-refractivity contribution in [2.75, 3.05) is 0 Å². The van der Waals surface area contributed by atoms with Crippen molar-refractivity contribution in [2.24, 2.45) is 0 Å². The van der Waals surface area contributed by atoms with E-state index in [9.17, 15) is 4.79 Å². The highest BCUT2D eigenvalue weighted by Gasteiger charge is 2.11. The molecule has 24 heavy (non-hydrogen) atoms. The minimum absolute atomic E-state index is 0.0610. The first kappa shape index (κ1) is 16.1. The summed E-state index contributed by atoms with van der Waals surface area (Å²) < 4.78 is 0. The van der Waals surface area contributed by atoms with Gasteiger partial charge in [0.25, 0.3) is 0 Å². The highest BCUT2D eigenvalue weighted by Crippen LogP contribution is 2.23. The van der Waals surface area contributed by atoms with Gasteiger partial charge in [0, 0.05) is 6.54 Å². The quantitative estimate of drug-likeness (QED) is 0.719. The SMILES string of the molecule is Cc1ccc(CNC(=O)N[C@@H](C)c2cccc3ccccc23)cc1. The Hall–Kier alpha value is -2.81. The summed E-state index contributed by atoms with van der Waals surface area (Å²) in [5.74, 6) is 0. The zero-order chi connectivity index (χ0) is 16.9. The highest BCUT2D eigenvalue weighted by atomic mass is 16.2. The van der Waals surface area contributed by atoms with E-state index in [1.807, 2.05) is 49.4 Å². The standard InChI is InChI=1S/C21H22N2O/c1-15-10-12-17(13-11-15)14-22-21(24)23-16(2)19-9-5-7-18-6-3-4-8-20(18)19/h3-13,16H,14H2,1-2H3,(H2,22,23,24)/t16-/m0/s1. The monoisotopic (exact) mass is 318 g/mol. The number of urea groups is 1. The topological polar surface area (TPSA) is 41.1 Å². The Morgan fingerprint density at radius 1 is 0.958 bits per heavy atom. The van der Waals surface area contributed by atoms with Crippen LogP contribution in [-0.4, -0.2) is 6.03 Å². The molecule has 1 atom stereocenters. The van der Waals surface area contributed by atoms with Gasteiger partial charge < -0.3 is 10.6 Å². The van der Waals surface area contributed by atoms with Gasteiger partial charge in [0.2, 0.25) is 0 Å². The van der Waals surface area contributed by atoms with Crippen molar-refractivity contribution in [1.82, 2.24) is 10.6 Å². The summed E-state index contributed by atoms with van der Waals surface area (Å²) in [5, 5.41) is 8.29. The van der Waals surface area contributed by atoms with Gasteiger partial charge in [-0.1, -0.05) is 72.3 Å². The molecule has 3 aromatic rings. The van der Waals surface area contributed by atoms with Crippen LogP contribution in [0.1, 0.15) is 29.7 Å². The van der Waals surface area contributed by atoms with E-state index in [0.29, 0.717) is 6.54 Å². The number of aryl methyl sites for hydroxylation is 1. The molecule has 2 N–H and O–H groups in total. The number of amides is 2. The molecule has 3 heteroatoms. The van der Waals surface area contributed by atoms with Crippen LogP contribution in [0.25, 0.3) is 10.8 Å². The van der Waals surface area contributed by atoms with Crippen LogP contribution in [0.5, 0.6) is 0 Å². The molecule has 2 amide bonds. The van der Waals surface area contributed by atoms with Crippen LogP contribution >= 0.6 is 0 Å². The van der Waals surface area contributed by atoms with Crippen LogP contribution in [0.2, 0.25) is 0 Å². The number of nitrogens with one attached hydrogen (secondary N) is 2. The second-order valence-electron chi connectivity index (χ2n) is 6.10. The molecule has 0 saturated carbocycles. The van der Waals surface area contributed by atoms with Crippen LogP contribution < -0.4 is 10.6 Å². The number of hydrogen-bond donors (Lipinski definition) is 2. The zero-order valence-electron chi connectivity index (χ0n) is 14.0. The third-order valence-electron chi connectivity index (χ3n) is 4.21. The third kappa shape index (κ3) is 3.74. The van der Waals surface area contributed by atoms with Crippen LogP contribution in [-0.2, 0) is 6.54 Å². The van der Waals surface area contributed by atoms with Crippen LogP contribution in [0.15, 0.2) is 66.7 Å². The maximum Gasteiger partial charge on any atom is 0.315 e. The summed E-state index contributed by atoms with van der Waals surface area (Å²) in [6.07, 6.45) is 0. The predicted molar refractivity (Wildman–Crippen MR) is 98.9 cm³/mol. The Kier molecular flexibility index (Phi) is 4.80. The number of carbonyl (C=O) groups excluding carboxylic acids is 1. The number of benzene rings is 3. The molecule has 0 aliphatic heterocycles. The summed E-state index contributed by atoms with van der Waals surface area (Å²) in [6.45, 7) is 4.58. The zero-order valence-corrected chi connectivity index (χ0v) is 14.0. The van der Waals surface area contributed by atoms with Gasteiger partial charge in [0.15, 0.2) is 0 Å². The summed E-state index contributed by atoms with van der Waals surface area (Å²) >= 11 is 0. The number of hydrogen-bond acceptors (Lipinski definition) is 1. The third-order valence-corrected chi connectivity index (χ3v) is 4.21. The smallest absolute Gasteiger partial charge is 0.315 e. The summed E-state index contributed by atoms with van der Waals surface area (Å²) in [5.41, 5.74) is 3.43. The Morgan fingerprint density at radius 2 is 1.67 bits per heavy atom. The van der Waals surface area contributed by atoms with Gasteiger partial charge in [-0.15, -0.1) is 0 Å². The molecule has 0 saturated heterocycles. The van der Waals surface area contributed by atoms with Gasteiger partial charge in [-0.2, -0.15) is 0 Å². The fraction of sp³-hybridized carbons (Fsp3) is 0.190. The lowest BCUT2D eigenvalue weighted by atomic mass is 10.00. The van der Waals surface area contributed by atoms with Crippen LogP contribution in [0, 0.1) is 6.92 Å². The molecule has 122 valence electrons. The summed E-state index contributed by atoms with van der Waals surface area (Å²) in [7, 11) is 0.